The summed E-state index contributed by atoms with van der Waals surface area (Å²) in [6, 6.07) is 0. The Morgan fingerprint density at radius 1 is 1.00 bits per heavy atom. The summed E-state index contributed by atoms with van der Waals surface area (Å²) in [6.07, 6.45) is 11.5. The average Bonchev–Trinajstić information content (AvgIpc) is 2.68. The van der Waals surface area contributed by atoms with Gasteiger partial charge in [0.1, 0.15) is 0 Å². The predicted molar refractivity (Wildman–Crippen MR) is 43.4 cm³/mol. The van der Waals surface area contributed by atoms with Gasteiger partial charge in [-0.2, -0.15) is 0 Å². The third kappa shape index (κ3) is 0.807. The van der Waals surface area contributed by atoms with E-state index in [1.54, 1.807) is 0 Å². The van der Waals surface area contributed by atoms with E-state index in [4.69, 9.17) is 4.74 Å². The first-order chi connectivity index (χ1) is 5.41. The summed E-state index contributed by atoms with van der Waals surface area (Å²) >= 11 is 0. The molecule has 0 amide bonds. The highest BCUT2D eigenvalue weighted by Gasteiger charge is 2.57. The van der Waals surface area contributed by atoms with Crippen LogP contribution in [0.4, 0.5) is 0 Å². The largest absolute Gasteiger partial charge is 0.369 e. The molecule has 1 heterocycles. The first kappa shape index (κ1) is 6.47. The van der Waals surface area contributed by atoms with Crippen LogP contribution in [0.3, 0.4) is 0 Å². The summed E-state index contributed by atoms with van der Waals surface area (Å²) < 4.78 is 5.72. The minimum atomic E-state index is 0.683. The minimum Gasteiger partial charge on any atom is -0.369 e. The van der Waals surface area contributed by atoms with Crippen LogP contribution in [0.25, 0.3) is 0 Å². The summed E-state index contributed by atoms with van der Waals surface area (Å²) in [5, 5.41) is 0. The second-order valence-corrected chi connectivity index (χ2v) is 4.56. The lowest BCUT2D eigenvalue weighted by molar-refractivity contribution is 0.185. The Labute approximate surface area is 68.1 Å². The Morgan fingerprint density at radius 3 is 2.55 bits per heavy atom. The van der Waals surface area contributed by atoms with Gasteiger partial charge in [-0.25, -0.2) is 0 Å². The molecule has 2 atom stereocenters. The van der Waals surface area contributed by atoms with E-state index in [9.17, 15) is 0 Å². The van der Waals surface area contributed by atoms with Crippen molar-refractivity contribution in [1.29, 1.82) is 0 Å². The van der Waals surface area contributed by atoms with Crippen molar-refractivity contribution in [3.63, 3.8) is 0 Å². The van der Waals surface area contributed by atoms with Gasteiger partial charge in [0, 0.05) is 0 Å². The SMILES string of the molecule is C1CCC2(C1)CCCC1OC12. The third-order valence-electron chi connectivity index (χ3n) is 3.95. The molecule has 1 saturated heterocycles. The molecule has 0 aromatic rings. The summed E-state index contributed by atoms with van der Waals surface area (Å²) in [5.74, 6) is 0. The van der Waals surface area contributed by atoms with Crippen molar-refractivity contribution in [2.75, 3.05) is 0 Å². The number of hydrogen-bond donors (Lipinski definition) is 0. The summed E-state index contributed by atoms with van der Waals surface area (Å²) in [6.45, 7) is 0. The van der Waals surface area contributed by atoms with Gasteiger partial charge in [0.15, 0.2) is 0 Å². The number of fused-ring (bicyclic) bond motifs is 2. The Hall–Kier alpha value is -0.0400. The number of hydrogen-bond acceptors (Lipinski definition) is 1. The first-order valence-corrected chi connectivity index (χ1v) is 5.06. The summed E-state index contributed by atoms with van der Waals surface area (Å²) in [5.41, 5.74) is 0.683. The van der Waals surface area contributed by atoms with Crippen LogP contribution < -0.4 is 0 Å². The number of rotatable bonds is 0. The van der Waals surface area contributed by atoms with Gasteiger partial charge in [-0.1, -0.05) is 19.3 Å². The zero-order chi connectivity index (χ0) is 7.31. The molecule has 0 N–H and O–H groups in total. The fraction of sp³-hybridized carbons (Fsp3) is 1.00. The lowest BCUT2D eigenvalue weighted by Gasteiger charge is -2.29. The molecule has 0 radical (unpaired) electrons. The maximum atomic E-state index is 5.72. The van der Waals surface area contributed by atoms with Gasteiger partial charge in [0.05, 0.1) is 12.2 Å². The van der Waals surface area contributed by atoms with Crippen LogP contribution in [-0.2, 0) is 4.74 Å². The predicted octanol–water partition coefficient (Wildman–Crippen LogP) is 2.50. The fourth-order valence-corrected chi connectivity index (χ4v) is 3.31. The second kappa shape index (κ2) is 2.01. The van der Waals surface area contributed by atoms with E-state index in [-0.39, 0.29) is 0 Å². The topological polar surface area (TPSA) is 12.5 Å². The molecule has 62 valence electrons. The van der Waals surface area contributed by atoms with Gasteiger partial charge in [0.25, 0.3) is 0 Å². The Kier molecular flexibility index (Phi) is 1.18. The normalized spacial score (nSPS) is 45.8. The third-order valence-corrected chi connectivity index (χ3v) is 3.95. The van der Waals surface area contributed by atoms with E-state index in [1.807, 2.05) is 0 Å². The summed E-state index contributed by atoms with van der Waals surface area (Å²) in [4.78, 5) is 0. The highest BCUT2D eigenvalue weighted by Crippen LogP contribution is 2.57. The van der Waals surface area contributed by atoms with Gasteiger partial charge in [-0.05, 0) is 31.1 Å². The standard InChI is InChI=1S/C10H16O/c1-2-6-10(5-1)7-3-4-8-9(10)11-8/h8-9H,1-7H2. The fourth-order valence-electron chi connectivity index (χ4n) is 3.31. The maximum Gasteiger partial charge on any atom is 0.0897 e. The van der Waals surface area contributed by atoms with Gasteiger partial charge < -0.3 is 4.74 Å². The molecule has 2 saturated carbocycles. The van der Waals surface area contributed by atoms with Crippen molar-refractivity contribution in [3.05, 3.63) is 0 Å². The van der Waals surface area contributed by atoms with Crippen molar-refractivity contribution in [2.45, 2.75) is 57.2 Å². The van der Waals surface area contributed by atoms with Gasteiger partial charge >= 0.3 is 0 Å². The van der Waals surface area contributed by atoms with Gasteiger partial charge in [-0.15, -0.1) is 0 Å². The molecular weight excluding hydrogens is 136 g/mol. The monoisotopic (exact) mass is 152 g/mol. The second-order valence-electron chi connectivity index (χ2n) is 4.56. The maximum absolute atomic E-state index is 5.72. The van der Waals surface area contributed by atoms with Crippen LogP contribution in [0.2, 0.25) is 0 Å². The molecule has 3 aliphatic rings. The molecule has 1 nitrogen and oxygen atoms in total. The Bertz CT molecular complexity index is 170. The minimum absolute atomic E-state index is 0.683. The van der Waals surface area contributed by atoms with Crippen LogP contribution in [-0.4, -0.2) is 12.2 Å². The van der Waals surface area contributed by atoms with Crippen molar-refractivity contribution in [3.8, 4) is 0 Å². The molecule has 11 heavy (non-hydrogen) atoms. The van der Waals surface area contributed by atoms with Crippen LogP contribution in [0, 0.1) is 5.41 Å². The molecule has 0 aromatic carbocycles. The zero-order valence-electron chi connectivity index (χ0n) is 7.01. The molecule has 2 unspecified atom stereocenters. The van der Waals surface area contributed by atoms with E-state index in [0.717, 1.165) is 0 Å². The smallest absolute Gasteiger partial charge is 0.0897 e. The zero-order valence-corrected chi connectivity index (χ0v) is 7.01. The van der Waals surface area contributed by atoms with Gasteiger partial charge in [0.2, 0.25) is 0 Å². The molecule has 1 aliphatic heterocycles. The van der Waals surface area contributed by atoms with Crippen LogP contribution in [0.15, 0.2) is 0 Å². The average molecular weight is 152 g/mol. The molecule has 1 spiro atoms. The van der Waals surface area contributed by atoms with E-state index in [2.05, 4.69) is 0 Å². The number of ether oxygens (including phenoxy) is 1. The van der Waals surface area contributed by atoms with E-state index in [1.165, 1.54) is 44.9 Å². The highest BCUT2D eigenvalue weighted by atomic mass is 16.6. The van der Waals surface area contributed by atoms with Crippen molar-refractivity contribution >= 4 is 0 Å². The lowest BCUT2D eigenvalue weighted by Crippen LogP contribution is -2.28. The highest BCUT2D eigenvalue weighted by molar-refractivity contribution is 5.05. The van der Waals surface area contributed by atoms with Crippen molar-refractivity contribution in [2.24, 2.45) is 5.41 Å². The van der Waals surface area contributed by atoms with Gasteiger partial charge in [-0.3, -0.25) is 0 Å². The molecule has 1 heteroatoms. The summed E-state index contributed by atoms with van der Waals surface area (Å²) in [7, 11) is 0. The quantitative estimate of drug-likeness (QED) is 0.486. The molecule has 3 fully saturated rings. The van der Waals surface area contributed by atoms with E-state index in [0.29, 0.717) is 17.6 Å². The molecule has 0 aromatic heterocycles. The molecule has 0 bridgehead atoms. The first-order valence-electron chi connectivity index (χ1n) is 5.06. The van der Waals surface area contributed by atoms with Crippen molar-refractivity contribution < 1.29 is 4.74 Å². The number of epoxide rings is 1. The Morgan fingerprint density at radius 2 is 1.73 bits per heavy atom. The van der Waals surface area contributed by atoms with E-state index < -0.39 is 0 Å². The van der Waals surface area contributed by atoms with Crippen molar-refractivity contribution in [1.82, 2.24) is 0 Å². The Balaban J connectivity index is 1.84. The molecule has 3 rings (SSSR count). The molecular formula is C10H16O. The lowest BCUT2D eigenvalue weighted by atomic mass is 9.73. The van der Waals surface area contributed by atoms with Crippen LogP contribution in [0.5, 0.6) is 0 Å². The van der Waals surface area contributed by atoms with Crippen LogP contribution >= 0.6 is 0 Å². The van der Waals surface area contributed by atoms with Crippen LogP contribution in [0.1, 0.15) is 44.9 Å². The molecule has 2 aliphatic carbocycles. The van der Waals surface area contributed by atoms with E-state index >= 15 is 0 Å².